The van der Waals surface area contributed by atoms with Crippen LogP contribution < -0.4 is 0 Å². The van der Waals surface area contributed by atoms with E-state index < -0.39 is 5.60 Å². The maximum atomic E-state index is 10.9. The first kappa shape index (κ1) is 16.5. The summed E-state index contributed by atoms with van der Waals surface area (Å²) < 4.78 is 2.85. The number of nitrogens with zero attached hydrogens (tertiary/aromatic N) is 2. The number of aryl methyl sites for hydroxylation is 2. The van der Waals surface area contributed by atoms with E-state index in [2.05, 4.69) is 40.9 Å². The van der Waals surface area contributed by atoms with Gasteiger partial charge in [-0.1, -0.05) is 40.5 Å². The van der Waals surface area contributed by atoms with Crippen LogP contribution in [-0.2, 0) is 25.0 Å². The van der Waals surface area contributed by atoms with Gasteiger partial charge in [-0.05, 0) is 38.5 Å². The smallest absolute Gasteiger partial charge is 0.0938 e. The average Bonchev–Trinajstić information content (AvgIpc) is 2.79. The summed E-state index contributed by atoms with van der Waals surface area (Å²) in [4.78, 5) is 0. The summed E-state index contributed by atoms with van der Waals surface area (Å²) in [5.74, 6) is 0. The molecule has 5 heteroatoms. The van der Waals surface area contributed by atoms with Crippen molar-refractivity contribution in [1.82, 2.24) is 9.78 Å². The van der Waals surface area contributed by atoms with Crippen molar-refractivity contribution in [1.29, 1.82) is 0 Å². The number of aromatic nitrogens is 2. The molecular weight excluding hydrogens is 352 g/mol. The summed E-state index contributed by atoms with van der Waals surface area (Å²) in [5.41, 5.74) is 1.77. The number of aliphatic hydroxyl groups is 1. The molecule has 0 spiro atoms. The van der Waals surface area contributed by atoms with Crippen molar-refractivity contribution in [3.8, 4) is 0 Å². The highest BCUT2D eigenvalue weighted by molar-refractivity contribution is 9.10. The minimum absolute atomic E-state index is 0.481. The monoisotopic (exact) mass is 370 g/mol. The van der Waals surface area contributed by atoms with E-state index in [1.165, 1.54) is 0 Å². The highest BCUT2D eigenvalue weighted by Gasteiger charge is 2.28. The van der Waals surface area contributed by atoms with Gasteiger partial charge in [0.25, 0.3) is 0 Å². The third-order valence-corrected chi connectivity index (χ3v) is 4.42. The van der Waals surface area contributed by atoms with Crippen molar-refractivity contribution in [3.63, 3.8) is 0 Å². The molecule has 1 aromatic carbocycles. The SMILES string of the molecule is CCc1cc(CC(C)(O)c2ccc(Br)cc2Cl)n(CC)n1. The second kappa shape index (κ2) is 6.51. The minimum Gasteiger partial charge on any atom is -0.385 e. The molecule has 1 aromatic heterocycles. The molecule has 21 heavy (non-hydrogen) atoms. The molecule has 114 valence electrons. The lowest BCUT2D eigenvalue weighted by Gasteiger charge is -2.25. The van der Waals surface area contributed by atoms with Gasteiger partial charge in [-0.3, -0.25) is 4.68 Å². The van der Waals surface area contributed by atoms with Gasteiger partial charge >= 0.3 is 0 Å². The average molecular weight is 372 g/mol. The van der Waals surface area contributed by atoms with E-state index in [0.29, 0.717) is 11.4 Å². The molecule has 0 aliphatic carbocycles. The van der Waals surface area contributed by atoms with Crippen LogP contribution in [0.15, 0.2) is 28.7 Å². The fraction of sp³-hybridized carbons (Fsp3) is 0.438. The summed E-state index contributed by atoms with van der Waals surface area (Å²) >= 11 is 9.66. The van der Waals surface area contributed by atoms with Crippen LogP contribution in [0.25, 0.3) is 0 Å². The third kappa shape index (κ3) is 3.68. The number of rotatable bonds is 5. The molecule has 1 N–H and O–H groups in total. The zero-order valence-electron chi connectivity index (χ0n) is 12.5. The first-order valence-electron chi connectivity index (χ1n) is 7.11. The van der Waals surface area contributed by atoms with E-state index >= 15 is 0 Å². The maximum Gasteiger partial charge on any atom is 0.0938 e. The topological polar surface area (TPSA) is 38.0 Å². The van der Waals surface area contributed by atoms with Crippen molar-refractivity contribution in [2.24, 2.45) is 0 Å². The molecule has 2 rings (SSSR count). The van der Waals surface area contributed by atoms with Gasteiger partial charge in [0, 0.05) is 33.7 Å². The number of hydrogen-bond acceptors (Lipinski definition) is 2. The first-order valence-corrected chi connectivity index (χ1v) is 8.28. The Hall–Kier alpha value is -0.840. The van der Waals surface area contributed by atoms with Crippen LogP contribution >= 0.6 is 27.5 Å². The molecule has 1 unspecified atom stereocenters. The highest BCUT2D eigenvalue weighted by atomic mass is 79.9. The molecule has 0 aliphatic rings. The van der Waals surface area contributed by atoms with Crippen LogP contribution in [0.5, 0.6) is 0 Å². The van der Waals surface area contributed by atoms with E-state index in [0.717, 1.165) is 34.4 Å². The van der Waals surface area contributed by atoms with Gasteiger partial charge in [0.2, 0.25) is 0 Å². The molecular formula is C16H20BrClN2O. The van der Waals surface area contributed by atoms with Crippen molar-refractivity contribution in [3.05, 3.63) is 50.7 Å². The molecule has 3 nitrogen and oxygen atoms in total. The first-order chi connectivity index (χ1) is 9.87. The van der Waals surface area contributed by atoms with Crippen LogP contribution in [0.4, 0.5) is 0 Å². The van der Waals surface area contributed by atoms with Crippen LogP contribution in [0.2, 0.25) is 5.02 Å². The second-order valence-electron chi connectivity index (χ2n) is 5.37. The van der Waals surface area contributed by atoms with Crippen molar-refractivity contribution < 1.29 is 5.11 Å². The standard InChI is InChI=1S/C16H20BrClN2O/c1-4-12-9-13(20(5-2)19-12)10-16(3,21)14-7-6-11(17)8-15(14)18/h6-9,21H,4-5,10H2,1-3H3. The van der Waals surface area contributed by atoms with E-state index in [1.54, 1.807) is 13.0 Å². The molecule has 0 radical (unpaired) electrons. The fourth-order valence-electron chi connectivity index (χ4n) is 2.48. The van der Waals surface area contributed by atoms with Crippen molar-refractivity contribution >= 4 is 27.5 Å². The van der Waals surface area contributed by atoms with Gasteiger partial charge in [0.05, 0.1) is 11.3 Å². The second-order valence-corrected chi connectivity index (χ2v) is 6.69. The van der Waals surface area contributed by atoms with E-state index in [4.69, 9.17) is 11.6 Å². The number of benzene rings is 1. The normalized spacial score (nSPS) is 14.2. The Morgan fingerprint density at radius 2 is 2.05 bits per heavy atom. The fourth-order valence-corrected chi connectivity index (χ4v) is 3.35. The van der Waals surface area contributed by atoms with Crippen LogP contribution in [-0.4, -0.2) is 14.9 Å². The molecule has 0 bridgehead atoms. The molecule has 1 heterocycles. The van der Waals surface area contributed by atoms with E-state index in [1.807, 2.05) is 16.8 Å². The molecule has 0 fully saturated rings. The Labute approximate surface area is 139 Å². The predicted molar refractivity (Wildman–Crippen MR) is 89.7 cm³/mol. The molecule has 0 saturated carbocycles. The maximum absolute atomic E-state index is 10.9. The van der Waals surface area contributed by atoms with Gasteiger partial charge in [-0.2, -0.15) is 5.10 Å². The Balaban J connectivity index is 2.34. The lowest BCUT2D eigenvalue weighted by atomic mass is 9.91. The summed E-state index contributed by atoms with van der Waals surface area (Å²) in [5, 5.41) is 16.0. The Morgan fingerprint density at radius 3 is 2.62 bits per heavy atom. The third-order valence-electron chi connectivity index (χ3n) is 3.61. The van der Waals surface area contributed by atoms with Crippen LogP contribution in [0.1, 0.15) is 37.7 Å². The molecule has 2 aromatic rings. The minimum atomic E-state index is -1.03. The lowest BCUT2D eigenvalue weighted by molar-refractivity contribution is 0.0555. The number of hydrogen-bond donors (Lipinski definition) is 1. The van der Waals surface area contributed by atoms with Crippen molar-refractivity contribution in [2.75, 3.05) is 0 Å². The lowest BCUT2D eigenvalue weighted by Crippen LogP contribution is -2.26. The summed E-state index contributed by atoms with van der Waals surface area (Å²) in [6, 6.07) is 7.62. The largest absolute Gasteiger partial charge is 0.385 e. The molecule has 0 amide bonds. The molecule has 1 atom stereocenters. The predicted octanol–water partition coefficient (Wildman–Crippen LogP) is 4.33. The van der Waals surface area contributed by atoms with E-state index in [-0.39, 0.29) is 0 Å². The van der Waals surface area contributed by atoms with Gasteiger partial charge in [-0.25, -0.2) is 0 Å². The van der Waals surface area contributed by atoms with E-state index in [9.17, 15) is 5.11 Å². The van der Waals surface area contributed by atoms with Crippen molar-refractivity contribution in [2.45, 2.75) is 45.8 Å². The zero-order chi connectivity index (χ0) is 15.6. The van der Waals surface area contributed by atoms with Gasteiger partial charge < -0.3 is 5.11 Å². The van der Waals surface area contributed by atoms with Gasteiger partial charge in [0.15, 0.2) is 0 Å². The zero-order valence-corrected chi connectivity index (χ0v) is 14.9. The Bertz CT molecular complexity index is 637. The summed E-state index contributed by atoms with van der Waals surface area (Å²) in [6.45, 7) is 6.72. The Morgan fingerprint density at radius 1 is 1.33 bits per heavy atom. The summed E-state index contributed by atoms with van der Waals surface area (Å²) in [7, 11) is 0. The van der Waals surface area contributed by atoms with Gasteiger partial charge in [0.1, 0.15) is 0 Å². The van der Waals surface area contributed by atoms with Gasteiger partial charge in [-0.15, -0.1) is 0 Å². The van der Waals surface area contributed by atoms with Crippen LogP contribution in [0, 0.1) is 0 Å². The quantitative estimate of drug-likeness (QED) is 0.849. The highest BCUT2D eigenvalue weighted by Crippen LogP contribution is 2.33. The molecule has 0 aliphatic heterocycles. The molecule has 0 saturated heterocycles. The Kier molecular flexibility index (Phi) is 5.12. The summed E-state index contributed by atoms with van der Waals surface area (Å²) in [6.07, 6.45) is 1.37. The van der Waals surface area contributed by atoms with Crippen LogP contribution in [0.3, 0.4) is 0 Å². The number of halogens is 2.